The van der Waals surface area contributed by atoms with E-state index in [9.17, 15) is 4.79 Å². The van der Waals surface area contributed by atoms with Crippen LogP contribution in [0.5, 0.6) is 0 Å². The van der Waals surface area contributed by atoms with Crippen LogP contribution in [0, 0.1) is 0 Å². The first kappa shape index (κ1) is 12.3. The van der Waals surface area contributed by atoms with Crippen LogP contribution in [0.25, 0.3) is 0 Å². The number of benzene rings is 1. The molecule has 14 heavy (non-hydrogen) atoms. The molecular weight excluding hydrogens is 328 g/mol. The van der Waals surface area contributed by atoms with Gasteiger partial charge in [0.15, 0.2) is 5.78 Å². The van der Waals surface area contributed by atoms with Crippen LogP contribution < -0.4 is 0 Å². The molecule has 0 N–H and O–H groups in total. The Balaban J connectivity index is 3.03. The monoisotopic (exact) mass is 336 g/mol. The number of hydrogen-bond acceptors (Lipinski definition) is 2. The van der Waals surface area contributed by atoms with E-state index >= 15 is 0 Å². The molecule has 1 unspecified atom stereocenters. The molecule has 1 atom stereocenters. The number of alkyl halides is 1. The summed E-state index contributed by atoms with van der Waals surface area (Å²) in [4.78, 5) is 12.6. The lowest BCUT2D eigenvalue weighted by atomic mass is 10.1. The van der Waals surface area contributed by atoms with Crippen LogP contribution in [0.3, 0.4) is 0 Å². The fraction of sp³-hybridized carbons (Fsp3) is 0.300. The summed E-state index contributed by atoms with van der Waals surface area (Å²) < 4.78 is 0.976. The van der Waals surface area contributed by atoms with E-state index in [1.54, 1.807) is 11.8 Å². The molecule has 0 aliphatic carbocycles. The van der Waals surface area contributed by atoms with Crippen molar-refractivity contribution in [3.63, 3.8) is 0 Å². The van der Waals surface area contributed by atoms with Gasteiger partial charge in [0.1, 0.15) is 0 Å². The molecule has 0 amide bonds. The van der Waals surface area contributed by atoms with Gasteiger partial charge in [0.25, 0.3) is 0 Å². The number of halogens is 2. The van der Waals surface area contributed by atoms with E-state index in [1.165, 1.54) is 0 Å². The zero-order chi connectivity index (χ0) is 10.7. The predicted molar refractivity (Wildman–Crippen MR) is 68.6 cm³/mol. The van der Waals surface area contributed by atoms with Gasteiger partial charge in [-0.3, -0.25) is 4.79 Å². The molecule has 0 fully saturated rings. The van der Waals surface area contributed by atoms with Gasteiger partial charge in [-0.25, -0.2) is 0 Å². The van der Waals surface area contributed by atoms with E-state index < -0.39 is 0 Å². The van der Waals surface area contributed by atoms with Crippen molar-refractivity contribution < 1.29 is 4.79 Å². The standard InChI is InChI=1S/C10H10Br2OS/c1-6(11)10(13)7-3-4-9(14-2)8(12)5-7/h3-6H,1-2H3. The molecule has 1 rings (SSSR count). The Labute approximate surface area is 105 Å². The summed E-state index contributed by atoms with van der Waals surface area (Å²) in [6, 6.07) is 5.68. The number of carbonyl (C=O) groups excluding carboxylic acids is 1. The third-order valence-corrected chi connectivity index (χ3v) is 3.93. The average molecular weight is 338 g/mol. The second-order valence-corrected chi connectivity index (χ2v) is 5.91. The van der Waals surface area contributed by atoms with Crippen molar-refractivity contribution in [3.8, 4) is 0 Å². The van der Waals surface area contributed by atoms with E-state index in [2.05, 4.69) is 31.9 Å². The second kappa shape index (κ2) is 5.33. The quantitative estimate of drug-likeness (QED) is 0.468. The third kappa shape index (κ3) is 2.84. The molecule has 0 aromatic heterocycles. The fourth-order valence-electron chi connectivity index (χ4n) is 1.05. The Morgan fingerprint density at radius 1 is 1.50 bits per heavy atom. The molecule has 0 aliphatic heterocycles. The first-order chi connectivity index (χ1) is 6.56. The molecule has 1 aromatic carbocycles. The Bertz CT molecular complexity index is 350. The largest absolute Gasteiger partial charge is 0.293 e. The maximum Gasteiger partial charge on any atom is 0.176 e. The highest BCUT2D eigenvalue weighted by molar-refractivity contribution is 9.10. The molecule has 0 saturated heterocycles. The van der Waals surface area contributed by atoms with Gasteiger partial charge < -0.3 is 0 Å². The molecule has 76 valence electrons. The maximum absolute atomic E-state index is 11.6. The molecule has 0 heterocycles. The zero-order valence-corrected chi connectivity index (χ0v) is 11.9. The van der Waals surface area contributed by atoms with Crippen LogP contribution in [0.15, 0.2) is 27.6 Å². The Hall–Kier alpha value is 0.200. The van der Waals surface area contributed by atoms with Crippen molar-refractivity contribution in [3.05, 3.63) is 28.2 Å². The number of thioether (sulfide) groups is 1. The normalized spacial score (nSPS) is 12.6. The number of ketones is 1. The highest BCUT2D eigenvalue weighted by Crippen LogP contribution is 2.27. The summed E-state index contributed by atoms with van der Waals surface area (Å²) in [7, 11) is 0. The van der Waals surface area contributed by atoms with E-state index in [-0.39, 0.29) is 10.6 Å². The van der Waals surface area contributed by atoms with Gasteiger partial charge in [-0.15, -0.1) is 11.8 Å². The van der Waals surface area contributed by atoms with Crippen molar-refractivity contribution in [2.24, 2.45) is 0 Å². The van der Waals surface area contributed by atoms with Crippen LogP contribution in [-0.2, 0) is 0 Å². The number of carbonyl (C=O) groups is 1. The maximum atomic E-state index is 11.6. The van der Waals surface area contributed by atoms with E-state index in [0.717, 1.165) is 14.9 Å². The molecule has 0 radical (unpaired) electrons. The second-order valence-electron chi connectivity index (χ2n) is 2.83. The average Bonchev–Trinajstić information content (AvgIpc) is 2.16. The van der Waals surface area contributed by atoms with E-state index in [0.29, 0.717) is 0 Å². The minimum Gasteiger partial charge on any atom is -0.293 e. The summed E-state index contributed by atoms with van der Waals surface area (Å²) in [6.07, 6.45) is 2.01. The summed E-state index contributed by atoms with van der Waals surface area (Å²) >= 11 is 8.36. The topological polar surface area (TPSA) is 17.1 Å². The highest BCUT2D eigenvalue weighted by atomic mass is 79.9. The zero-order valence-electron chi connectivity index (χ0n) is 7.88. The smallest absolute Gasteiger partial charge is 0.176 e. The van der Waals surface area contributed by atoms with Crippen molar-refractivity contribution >= 4 is 49.4 Å². The Morgan fingerprint density at radius 3 is 2.57 bits per heavy atom. The molecule has 0 spiro atoms. The van der Waals surface area contributed by atoms with Crippen LogP contribution in [-0.4, -0.2) is 16.9 Å². The first-order valence-corrected chi connectivity index (χ1v) is 7.01. The molecule has 0 saturated carbocycles. The van der Waals surface area contributed by atoms with Gasteiger partial charge in [-0.2, -0.15) is 0 Å². The number of hydrogen-bond donors (Lipinski definition) is 0. The Morgan fingerprint density at radius 2 is 2.14 bits per heavy atom. The Kier molecular flexibility index (Phi) is 4.67. The SMILES string of the molecule is CSc1ccc(C(=O)C(C)Br)cc1Br. The lowest BCUT2D eigenvalue weighted by Crippen LogP contribution is -2.09. The predicted octanol–water partition coefficient (Wildman–Crippen LogP) is 4.14. The third-order valence-electron chi connectivity index (χ3n) is 1.80. The first-order valence-electron chi connectivity index (χ1n) is 4.08. The van der Waals surface area contributed by atoms with Crippen LogP contribution in [0.1, 0.15) is 17.3 Å². The minimum atomic E-state index is -0.130. The molecule has 0 bridgehead atoms. The van der Waals surface area contributed by atoms with Crippen LogP contribution >= 0.6 is 43.6 Å². The van der Waals surface area contributed by atoms with E-state index in [1.807, 2.05) is 31.4 Å². The summed E-state index contributed by atoms with van der Waals surface area (Å²) in [5.74, 6) is 0.110. The molecule has 4 heteroatoms. The van der Waals surface area contributed by atoms with Crippen molar-refractivity contribution in [1.29, 1.82) is 0 Å². The van der Waals surface area contributed by atoms with Gasteiger partial charge in [0.05, 0.1) is 4.83 Å². The van der Waals surface area contributed by atoms with Crippen molar-refractivity contribution in [1.82, 2.24) is 0 Å². The van der Waals surface area contributed by atoms with E-state index in [4.69, 9.17) is 0 Å². The van der Waals surface area contributed by atoms with Crippen LogP contribution in [0.4, 0.5) is 0 Å². The van der Waals surface area contributed by atoms with Gasteiger partial charge >= 0.3 is 0 Å². The fourth-order valence-corrected chi connectivity index (χ4v) is 2.64. The lowest BCUT2D eigenvalue weighted by Gasteiger charge is -2.05. The molecule has 1 nitrogen and oxygen atoms in total. The van der Waals surface area contributed by atoms with Gasteiger partial charge in [-0.1, -0.05) is 22.0 Å². The van der Waals surface area contributed by atoms with Crippen molar-refractivity contribution in [2.75, 3.05) is 6.26 Å². The number of rotatable bonds is 3. The summed E-state index contributed by atoms with van der Waals surface area (Å²) in [5.41, 5.74) is 0.735. The van der Waals surface area contributed by atoms with Gasteiger partial charge in [0.2, 0.25) is 0 Å². The lowest BCUT2D eigenvalue weighted by molar-refractivity contribution is 0.0995. The molecular formula is C10H10Br2OS. The summed E-state index contributed by atoms with van der Waals surface area (Å²) in [5, 5.41) is 0. The van der Waals surface area contributed by atoms with Crippen LogP contribution in [0.2, 0.25) is 0 Å². The minimum absolute atomic E-state index is 0.110. The molecule has 0 aliphatic rings. The highest BCUT2D eigenvalue weighted by Gasteiger charge is 2.12. The molecule has 1 aromatic rings. The number of Topliss-reactive ketones (excluding diaryl/α,β-unsaturated/α-hetero) is 1. The summed E-state index contributed by atoms with van der Waals surface area (Å²) in [6.45, 7) is 1.83. The van der Waals surface area contributed by atoms with Gasteiger partial charge in [0, 0.05) is 14.9 Å². The van der Waals surface area contributed by atoms with Gasteiger partial charge in [-0.05, 0) is 41.2 Å². The van der Waals surface area contributed by atoms with Crippen molar-refractivity contribution in [2.45, 2.75) is 16.6 Å².